The van der Waals surface area contributed by atoms with Gasteiger partial charge in [-0.1, -0.05) is 28.5 Å². The molecular formula is C8H9N3O2. The van der Waals surface area contributed by atoms with Crippen molar-refractivity contribution in [2.45, 2.75) is 0 Å². The summed E-state index contributed by atoms with van der Waals surface area (Å²) in [7, 11) is 0. The van der Waals surface area contributed by atoms with E-state index in [2.05, 4.69) is 10.3 Å². The Kier molecular flexibility index (Phi) is 2.86. The van der Waals surface area contributed by atoms with Gasteiger partial charge in [0.2, 0.25) is 0 Å². The summed E-state index contributed by atoms with van der Waals surface area (Å²) in [6.45, 7) is 0. The predicted octanol–water partition coefficient (Wildman–Crippen LogP) is 0.907. The van der Waals surface area contributed by atoms with Crippen molar-refractivity contribution in [3.05, 3.63) is 29.8 Å². The molecule has 0 bridgehead atoms. The maximum atomic E-state index is 8.57. The number of oxime groups is 2. The van der Waals surface area contributed by atoms with Crippen LogP contribution in [0.1, 0.15) is 5.56 Å². The molecule has 1 aromatic rings. The molecule has 4 N–H and O–H groups in total. The normalized spacial score (nSPS) is 12.2. The molecular weight excluding hydrogens is 170 g/mol. The standard InChI is InChI=1S/C8H9N3O2/c9-7-4-2-1-3-6(7)8(11-13)5-10-12/h1-5,12-13H,9H2. The number of anilines is 1. The highest BCUT2D eigenvalue weighted by molar-refractivity contribution is 6.39. The molecule has 0 aliphatic carbocycles. The molecule has 1 rings (SSSR count). The third kappa shape index (κ3) is 1.96. The molecule has 0 spiro atoms. The van der Waals surface area contributed by atoms with Gasteiger partial charge >= 0.3 is 0 Å². The summed E-state index contributed by atoms with van der Waals surface area (Å²) in [5.41, 5.74) is 6.67. The summed E-state index contributed by atoms with van der Waals surface area (Å²) in [5.74, 6) is 0. The number of hydrogen-bond donors (Lipinski definition) is 3. The Morgan fingerprint density at radius 3 is 2.54 bits per heavy atom. The number of benzene rings is 1. The van der Waals surface area contributed by atoms with Crippen LogP contribution in [-0.4, -0.2) is 22.3 Å². The first kappa shape index (κ1) is 9.05. The van der Waals surface area contributed by atoms with Gasteiger partial charge in [-0.05, 0) is 6.07 Å². The van der Waals surface area contributed by atoms with Crippen molar-refractivity contribution in [3.63, 3.8) is 0 Å². The van der Waals surface area contributed by atoms with Crippen LogP contribution < -0.4 is 5.73 Å². The largest absolute Gasteiger partial charge is 0.411 e. The van der Waals surface area contributed by atoms with Gasteiger partial charge in [0.15, 0.2) is 0 Å². The zero-order valence-electron chi connectivity index (χ0n) is 6.75. The number of para-hydroxylation sites is 1. The molecule has 0 aliphatic heterocycles. The van der Waals surface area contributed by atoms with Gasteiger partial charge in [0.1, 0.15) is 5.71 Å². The van der Waals surface area contributed by atoms with Gasteiger partial charge < -0.3 is 16.1 Å². The van der Waals surface area contributed by atoms with E-state index in [1.54, 1.807) is 24.3 Å². The van der Waals surface area contributed by atoms with Crippen LogP contribution in [0.2, 0.25) is 0 Å². The second-order valence-electron chi connectivity index (χ2n) is 2.32. The van der Waals surface area contributed by atoms with Crippen LogP contribution in [0.25, 0.3) is 0 Å². The Labute approximate surface area is 74.8 Å². The van der Waals surface area contributed by atoms with E-state index < -0.39 is 0 Å². The third-order valence-corrected chi connectivity index (χ3v) is 1.52. The van der Waals surface area contributed by atoms with Crippen molar-refractivity contribution in [3.8, 4) is 0 Å². The Bertz CT molecular complexity index is 347. The highest BCUT2D eigenvalue weighted by Gasteiger charge is 2.04. The molecule has 1 aromatic carbocycles. The number of nitrogens with two attached hydrogens (primary N) is 1. The van der Waals surface area contributed by atoms with E-state index in [0.29, 0.717) is 11.3 Å². The molecule has 5 nitrogen and oxygen atoms in total. The van der Waals surface area contributed by atoms with Gasteiger partial charge in [-0.15, -0.1) is 0 Å². The molecule has 0 atom stereocenters. The van der Waals surface area contributed by atoms with E-state index in [0.717, 1.165) is 6.21 Å². The average Bonchev–Trinajstić information content (AvgIpc) is 2.16. The molecule has 0 amide bonds. The Balaban J connectivity index is 3.13. The number of nitrogens with zero attached hydrogens (tertiary/aromatic N) is 2. The number of rotatable bonds is 2. The van der Waals surface area contributed by atoms with Crippen LogP contribution in [0.4, 0.5) is 5.69 Å². The third-order valence-electron chi connectivity index (χ3n) is 1.52. The van der Waals surface area contributed by atoms with E-state index in [-0.39, 0.29) is 5.71 Å². The van der Waals surface area contributed by atoms with E-state index >= 15 is 0 Å². The van der Waals surface area contributed by atoms with Crippen LogP contribution in [-0.2, 0) is 0 Å². The zero-order chi connectivity index (χ0) is 9.68. The van der Waals surface area contributed by atoms with Crippen LogP contribution in [0.15, 0.2) is 34.6 Å². The van der Waals surface area contributed by atoms with Gasteiger partial charge in [0.25, 0.3) is 0 Å². The zero-order valence-corrected chi connectivity index (χ0v) is 6.75. The van der Waals surface area contributed by atoms with Crippen molar-refractivity contribution in [2.75, 3.05) is 5.73 Å². The van der Waals surface area contributed by atoms with Crippen LogP contribution >= 0.6 is 0 Å². The lowest BCUT2D eigenvalue weighted by molar-refractivity contribution is 0.316. The van der Waals surface area contributed by atoms with Gasteiger partial charge in [-0.2, -0.15) is 0 Å². The second-order valence-corrected chi connectivity index (χ2v) is 2.32. The molecule has 0 heterocycles. The quantitative estimate of drug-likeness (QED) is 0.272. The summed E-state index contributed by atoms with van der Waals surface area (Å²) < 4.78 is 0. The lowest BCUT2D eigenvalue weighted by atomic mass is 10.1. The monoisotopic (exact) mass is 179 g/mol. The molecule has 0 saturated heterocycles. The minimum atomic E-state index is 0.112. The summed E-state index contributed by atoms with van der Waals surface area (Å²) >= 11 is 0. The van der Waals surface area contributed by atoms with E-state index in [1.165, 1.54) is 0 Å². The minimum Gasteiger partial charge on any atom is -0.411 e. The molecule has 0 saturated carbocycles. The fourth-order valence-corrected chi connectivity index (χ4v) is 0.934. The van der Waals surface area contributed by atoms with E-state index in [9.17, 15) is 0 Å². The molecule has 0 fully saturated rings. The van der Waals surface area contributed by atoms with Gasteiger partial charge in [0.05, 0.1) is 6.21 Å². The van der Waals surface area contributed by atoms with Crippen molar-refractivity contribution < 1.29 is 10.4 Å². The molecule has 13 heavy (non-hydrogen) atoms. The average molecular weight is 179 g/mol. The summed E-state index contributed by atoms with van der Waals surface area (Å²) in [4.78, 5) is 0. The first-order chi connectivity index (χ1) is 6.29. The Hall–Kier alpha value is -2.04. The molecule has 5 heteroatoms. The summed E-state index contributed by atoms with van der Waals surface area (Å²) in [6, 6.07) is 6.81. The highest BCUT2D eigenvalue weighted by atomic mass is 16.4. The topological polar surface area (TPSA) is 91.2 Å². The van der Waals surface area contributed by atoms with Gasteiger partial charge in [-0.3, -0.25) is 0 Å². The smallest absolute Gasteiger partial charge is 0.133 e. The highest BCUT2D eigenvalue weighted by Crippen LogP contribution is 2.10. The lowest BCUT2D eigenvalue weighted by Crippen LogP contribution is -2.06. The van der Waals surface area contributed by atoms with Gasteiger partial charge in [-0.25, -0.2) is 0 Å². The van der Waals surface area contributed by atoms with Crippen LogP contribution in [0, 0.1) is 0 Å². The molecule has 0 unspecified atom stereocenters. The molecule has 68 valence electrons. The number of nitrogen functional groups attached to an aromatic ring is 1. The fourth-order valence-electron chi connectivity index (χ4n) is 0.934. The van der Waals surface area contributed by atoms with Gasteiger partial charge in [0, 0.05) is 11.3 Å². The van der Waals surface area contributed by atoms with Crippen LogP contribution in [0.3, 0.4) is 0 Å². The molecule has 0 aliphatic rings. The maximum absolute atomic E-state index is 8.57. The number of hydrogen-bond acceptors (Lipinski definition) is 5. The maximum Gasteiger partial charge on any atom is 0.133 e. The molecule has 0 aromatic heterocycles. The van der Waals surface area contributed by atoms with Crippen molar-refractivity contribution >= 4 is 17.6 Å². The lowest BCUT2D eigenvalue weighted by Gasteiger charge is -2.01. The SMILES string of the molecule is Nc1ccccc1C(C=NO)=NO. The van der Waals surface area contributed by atoms with Crippen LogP contribution in [0.5, 0.6) is 0 Å². The Morgan fingerprint density at radius 1 is 1.31 bits per heavy atom. The van der Waals surface area contributed by atoms with Crippen molar-refractivity contribution in [1.29, 1.82) is 0 Å². The van der Waals surface area contributed by atoms with Crippen molar-refractivity contribution in [2.24, 2.45) is 10.3 Å². The second kappa shape index (κ2) is 4.10. The van der Waals surface area contributed by atoms with E-state index in [1.807, 2.05) is 0 Å². The minimum absolute atomic E-state index is 0.112. The summed E-state index contributed by atoms with van der Waals surface area (Å²) in [6.07, 6.45) is 1.01. The first-order valence-electron chi connectivity index (χ1n) is 3.54. The van der Waals surface area contributed by atoms with E-state index in [4.69, 9.17) is 16.1 Å². The Morgan fingerprint density at radius 2 is 2.00 bits per heavy atom. The predicted molar refractivity (Wildman–Crippen MR) is 49.5 cm³/mol. The van der Waals surface area contributed by atoms with Crippen molar-refractivity contribution in [1.82, 2.24) is 0 Å². The summed E-state index contributed by atoms with van der Waals surface area (Å²) in [5, 5.41) is 22.5. The fraction of sp³-hybridized carbons (Fsp3) is 0. The molecule has 0 radical (unpaired) electrons. The first-order valence-corrected chi connectivity index (χ1v) is 3.54.